The van der Waals surface area contributed by atoms with E-state index in [1.54, 1.807) is 6.33 Å². The van der Waals surface area contributed by atoms with Crippen molar-refractivity contribution in [2.75, 3.05) is 6.54 Å². The summed E-state index contributed by atoms with van der Waals surface area (Å²) in [5.74, 6) is 2.21. The van der Waals surface area contributed by atoms with Crippen LogP contribution in [0.15, 0.2) is 6.33 Å². The third-order valence-electron chi connectivity index (χ3n) is 3.24. The molecule has 0 aliphatic heterocycles. The van der Waals surface area contributed by atoms with E-state index < -0.39 is 0 Å². The van der Waals surface area contributed by atoms with E-state index in [0.29, 0.717) is 12.5 Å². The Morgan fingerprint density at radius 3 is 3.00 bits per heavy atom. The van der Waals surface area contributed by atoms with E-state index in [0.717, 1.165) is 24.8 Å². The Balaban J connectivity index is 1.68. The fourth-order valence-electron chi connectivity index (χ4n) is 1.81. The minimum atomic E-state index is -0.130. The van der Waals surface area contributed by atoms with Crippen molar-refractivity contribution in [2.45, 2.75) is 33.4 Å². The van der Waals surface area contributed by atoms with Crippen LogP contribution in [0.2, 0.25) is 0 Å². The molecule has 0 unspecified atom stereocenters. The Hall–Kier alpha value is -1.59. The van der Waals surface area contributed by atoms with Gasteiger partial charge in [-0.3, -0.25) is 0 Å². The Morgan fingerprint density at radius 1 is 1.59 bits per heavy atom. The lowest BCUT2D eigenvalue weighted by molar-refractivity contribution is 0.239. The van der Waals surface area contributed by atoms with Gasteiger partial charge in [-0.15, -0.1) is 10.2 Å². The van der Waals surface area contributed by atoms with Crippen molar-refractivity contribution in [2.24, 2.45) is 11.8 Å². The average Bonchev–Trinajstić information content (AvgIpc) is 2.86. The molecular formula is C11H19N5O. The highest BCUT2D eigenvalue weighted by Gasteiger charge is 2.32. The molecule has 1 aliphatic rings. The molecule has 1 aliphatic carbocycles. The van der Waals surface area contributed by atoms with E-state index in [1.165, 1.54) is 6.42 Å². The van der Waals surface area contributed by atoms with Gasteiger partial charge in [-0.1, -0.05) is 6.92 Å². The highest BCUT2D eigenvalue weighted by atomic mass is 16.2. The number of rotatable bonds is 5. The highest BCUT2D eigenvalue weighted by Crippen LogP contribution is 2.36. The molecule has 1 saturated carbocycles. The minimum absolute atomic E-state index is 0.130. The van der Waals surface area contributed by atoms with Gasteiger partial charge in [-0.25, -0.2) is 4.79 Å². The fraction of sp³-hybridized carbons (Fsp3) is 0.727. The van der Waals surface area contributed by atoms with E-state index in [9.17, 15) is 4.79 Å². The molecule has 0 spiro atoms. The number of amides is 2. The van der Waals surface area contributed by atoms with Crippen LogP contribution in [0.1, 0.15) is 26.1 Å². The van der Waals surface area contributed by atoms with Crippen LogP contribution in [0.3, 0.4) is 0 Å². The molecule has 0 radical (unpaired) electrons. The summed E-state index contributed by atoms with van der Waals surface area (Å²) in [5.41, 5.74) is 0. The lowest BCUT2D eigenvalue weighted by Gasteiger charge is -2.07. The van der Waals surface area contributed by atoms with Crippen molar-refractivity contribution < 1.29 is 4.79 Å². The number of aromatic nitrogens is 3. The van der Waals surface area contributed by atoms with Crippen LogP contribution in [-0.4, -0.2) is 27.3 Å². The number of hydrogen-bond donors (Lipinski definition) is 2. The first-order chi connectivity index (χ1) is 8.20. The van der Waals surface area contributed by atoms with Crippen molar-refractivity contribution in [1.82, 2.24) is 25.4 Å². The molecule has 17 heavy (non-hydrogen) atoms. The second-order valence-corrected chi connectivity index (χ2v) is 4.57. The zero-order valence-corrected chi connectivity index (χ0v) is 10.3. The van der Waals surface area contributed by atoms with Crippen molar-refractivity contribution in [3.05, 3.63) is 12.2 Å². The van der Waals surface area contributed by atoms with Gasteiger partial charge in [0.05, 0.1) is 6.54 Å². The van der Waals surface area contributed by atoms with Crippen LogP contribution in [0.5, 0.6) is 0 Å². The van der Waals surface area contributed by atoms with Crippen molar-refractivity contribution in [3.8, 4) is 0 Å². The molecule has 1 aromatic rings. The predicted molar refractivity (Wildman–Crippen MR) is 63.2 cm³/mol. The second-order valence-electron chi connectivity index (χ2n) is 4.57. The van der Waals surface area contributed by atoms with Crippen LogP contribution in [0.25, 0.3) is 0 Å². The normalized spacial score (nSPS) is 22.2. The van der Waals surface area contributed by atoms with Gasteiger partial charge in [0.15, 0.2) is 5.82 Å². The second kappa shape index (κ2) is 5.16. The molecule has 0 aromatic carbocycles. The van der Waals surface area contributed by atoms with Gasteiger partial charge >= 0.3 is 6.03 Å². The van der Waals surface area contributed by atoms with Gasteiger partial charge in [0.2, 0.25) is 0 Å². The third kappa shape index (κ3) is 3.18. The summed E-state index contributed by atoms with van der Waals surface area (Å²) in [5, 5.41) is 13.4. The van der Waals surface area contributed by atoms with E-state index in [-0.39, 0.29) is 6.03 Å². The fourth-order valence-corrected chi connectivity index (χ4v) is 1.81. The summed E-state index contributed by atoms with van der Waals surface area (Å²) in [6.45, 7) is 6.22. The lowest BCUT2D eigenvalue weighted by atomic mass is 10.3. The minimum Gasteiger partial charge on any atom is -0.338 e. The number of nitrogens with zero attached hydrogens (tertiary/aromatic N) is 3. The lowest BCUT2D eigenvalue weighted by Crippen LogP contribution is -2.36. The van der Waals surface area contributed by atoms with Gasteiger partial charge in [-0.2, -0.15) is 0 Å². The molecule has 1 aromatic heterocycles. The molecule has 1 fully saturated rings. The van der Waals surface area contributed by atoms with Crippen molar-refractivity contribution in [3.63, 3.8) is 0 Å². The zero-order chi connectivity index (χ0) is 12.3. The van der Waals surface area contributed by atoms with Gasteiger partial charge in [0, 0.05) is 13.1 Å². The first kappa shape index (κ1) is 11.9. The van der Waals surface area contributed by atoms with E-state index >= 15 is 0 Å². The quantitative estimate of drug-likeness (QED) is 0.794. The maximum absolute atomic E-state index is 11.5. The molecule has 2 amide bonds. The Kier molecular flexibility index (Phi) is 3.61. The topological polar surface area (TPSA) is 71.8 Å². The highest BCUT2D eigenvalue weighted by molar-refractivity contribution is 5.73. The molecule has 94 valence electrons. The van der Waals surface area contributed by atoms with Crippen LogP contribution in [0.4, 0.5) is 4.79 Å². The predicted octanol–water partition coefficient (Wildman–Crippen LogP) is 0.753. The van der Waals surface area contributed by atoms with Crippen LogP contribution < -0.4 is 10.6 Å². The third-order valence-corrected chi connectivity index (χ3v) is 3.24. The summed E-state index contributed by atoms with van der Waals surface area (Å²) in [7, 11) is 0. The monoisotopic (exact) mass is 237 g/mol. The number of carbonyl (C=O) groups is 1. The summed E-state index contributed by atoms with van der Waals surface area (Å²) in [6, 6.07) is -0.130. The summed E-state index contributed by atoms with van der Waals surface area (Å²) >= 11 is 0. The first-order valence-corrected chi connectivity index (χ1v) is 6.09. The molecule has 2 N–H and O–H groups in total. The maximum Gasteiger partial charge on any atom is 0.315 e. The van der Waals surface area contributed by atoms with Crippen LogP contribution >= 0.6 is 0 Å². The van der Waals surface area contributed by atoms with E-state index in [4.69, 9.17) is 0 Å². The van der Waals surface area contributed by atoms with Gasteiger partial charge in [0.1, 0.15) is 6.33 Å². The molecule has 2 rings (SSSR count). The number of aryl methyl sites for hydroxylation is 1. The molecule has 1 heterocycles. The molecule has 6 nitrogen and oxygen atoms in total. The Labute approximate surface area is 101 Å². The molecule has 6 heteroatoms. The van der Waals surface area contributed by atoms with Crippen molar-refractivity contribution in [1.29, 1.82) is 0 Å². The summed E-state index contributed by atoms with van der Waals surface area (Å²) < 4.78 is 1.91. The van der Waals surface area contributed by atoms with E-state index in [2.05, 4.69) is 27.8 Å². The Morgan fingerprint density at radius 2 is 2.35 bits per heavy atom. The number of hydrogen-bond acceptors (Lipinski definition) is 3. The van der Waals surface area contributed by atoms with E-state index in [1.807, 2.05) is 11.5 Å². The SMILES string of the molecule is CCn1cnnc1CNC(=O)NC[C@@H]1C[C@@H]1C. The first-order valence-electron chi connectivity index (χ1n) is 6.09. The van der Waals surface area contributed by atoms with Crippen LogP contribution in [0, 0.1) is 11.8 Å². The van der Waals surface area contributed by atoms with Crippen LogP contribution in [-0.2, 0) is 13.1 Å². The standard InChI is InChI=1S/C11H19N5O/c1-3-16-7-14-15-10(16)6-13-11(17)12-5-9-4-8(9)2/h7-9H,3-6H2,1-2H3,(H2,12,13,17)/t8-,9-/m0/s1. The summed E-state index contributed by atoms with van der Waals surface area (Å²) in [6.07, 6.45) is 2.89. The zero-order valence-electron chi connectivity index (χ0n) is 10.3. The molecule has 0 saturated heterocycles. The van der Waals surface area contributed by atoms with Gasteiger partial charge < -0.3 is 15.2 Å². The summed E-state index contributed by atoms with van der Waals surface area (Å²) in [4.78, 5) is 11.5. The Bertz CT molecular complexity index is 389. The largest absolute Gasteiger partial charge is 0.338 e. The van der Waals surface area contributed by atoms with Gasteiger partial charge in [0.25, 0.3) is 0 Å². The average molecular weight is 237 g/mol. The number of nitrogens with one attached hydrogen (secondary N) is 2. The molecular weight excluding hydrogens is 218 g/mol. The smallest absolute Gasteiger partial charge is 0.315 e. The van der Waals surface area contributed by atoms with Crippen molar-refractivity contribution >= 4 is 6.03 Å². The maximum atomic E-state index is 11.5. The van der Waals surface area contributed by atoms with Gasteiger partial charge in [-0.05, 0) is 25.2 Å². The molecule has 2 atom stereocenters. The molecule has 0 bridgehead atoms. The number of carbonyl (C=O) groups excluding carboxylic acids is 1. The number of urea groups is 1.